The highest BCUT2D eigenvalue weighted by atomic mass is 16.5. The van der Waals surface area contributed by atoms with Gasteiger partial charge in [-0.1, -0.05) is 26.7 Å². The summed E-state index contributed by atoms with van der Waals surface area (Å²) in [6.45, 7) is 10.2. The van der Waals surface area contributed by atoms with E-state index in [0.29, 0.717) is 6.61 Å². The summed E-state index contributed by atoms with van der Waals surface area (Å²) in [5, 5.41) is 5.89. The minimum absolute atomic E-state index is 0.0743. The summed E-state index contributed by atoms with van der Waals surface area (Å²) < 4.78 is 4.61. The molecular formula is C15H34N2O3. The number of hydrogen-bond acceptors (Lipinski definition) is 4. The van der Waals surface area contributed by atoms with E-state index in [2.05, 4.69) is 15.4 Å². The van der Waals surface area contributed by atoms with Crippen LogP contribution >= 0.6 is 0 Å². The van der Waals surface area contributed by atoms with Crippen molar-refractivity contribution in [2.45, 2.75) is 53.4 Å². The molecule has 1 amide bonds. The van der Waals surface area contributed by atoms with Crippen LogP contribution in [0.3, 0.4) is 0 Å². The van der Waals surface area contributed by atoms with E-state index in [4.69, 9.17) is 0 Å². The van der Waals surface area contributed by atoms with E-state index < -0.39 is 0 Å². The zero-order chi connectivity index (χ0) is 16.1. The second-order valence-corrected chi connectivity index (χ2v) is 3.83. The summed E-state index contributed by atoms with van der Waals surface area (Å²) in [7, 11) is 1.97. The van der Waals surface area contributed by atoms with E-state index in [1.807, 2.05) is 27.8 Å². The Morgan fingerprint density at radius 3 is 2.00 bits per heavy atom. The van der Waals surface area contributed by atoms with E-state index in [0.717, 1.165) is 25.8 Å². The third kappa shape index (κ3) is 36.0. The SMILES string of the molecule is CC.CCOCC=O.CNCCCCCCNC(C)=O. The molecule has 5 heteroatoms. The first-order chi connectivity index (χ1) is 9.68. The number of unbranched alkanes of at least 4 members (excludes halogenated alkanes) is 3. The molecule has 0 heterocycles. The predicted molar refractivity (Wildman–Crippen MR) is 85.0 cm³/mol. The second kappa shape index (κ2) is 26.6. The van der Waals surface area contributed by atoms with Gasteiger partial charge in [-0.05, 0) is 33.4 Å². The van der Waals surface area contributed by atoms with E-state index in [1.165, 1.54) is 19.3 Å². The highest BCUT2D eigenvalue weighted by molar-refractivity contribution is 5.72. The molecule has 122 valence electrons. The second-order valence-electron chi connectivity index (χ2n) is 3.83. The van der Waals surface area contributed by atoms with Gasteiger partial charge in [-0.2, -0.15) is 0 Å². The first kappa shape index (κ1) is 24.1. The molecule has 0 aromatic heterocycles. The summed E-state index contributed by atoms with van der Waals surface area (Å²) in [6.07, 6.45) is 5.53. The predicted octanol–water partition coefficient (Wildman–Crippen LogP) is 2.15. The average Bonchev–Trinajstić information content (AvgIpc) is 2.46. The van der Waals surface area contributed by atoms with Crippen molar-refractivity contribution in [3.8, 4) is 0 Å². The quantitative estimate of drug-likeness (QED) is 0.478. The van der Waals surface area contributed by atoms with E-state index in [1.54, 1.807) is 6.92 Å². The zero-order valence-corrected chi connectivity index (χ0v) is 14.0. The van der Waals surface area contributed by atoms with Crippen molar-refractivity contribution in [3.05, 3.63) is 0 Å². The molecule has 2 N–H and O–H groups in total. The molecule has 0 aliphatic carbocycles. The number of carbonyl (C=O) groups excluding carboxylic acids is 2. The smallest absolute Gasteiger partial charge is 0.216 e. The Balaban J connectivity index is -0.000000304. The van der Waals surface area contributed by atoms with Gasteiger partial charge in [0.2, 0.25) is 5.91 Å². The highest BCUT2D eigenvalue weighted by Crippen LogP contribution is 1.97. The molecule has 0 aliphatic heterocycles. The molecule has 0 aromatic rings. The van der Waals surface area contributed by atoms with Crippen LogP contribution in [0.4, 0.5) is 0 Å². The van der Waals surface area contributed by atoms with Crippen molar-refractivity contribution in [1.82, 2.24) is 10.6 Å². The van der Waals surface area contributed by atoms with Crippen LogP contribution in [0.1, 0.15) is 53.4 Å². The molecule has 0 radical (unpaired) electrons. The van der Waals surface area contributed by atoms with Crippen molar-refractivity contribution < 1.29 is 14.3 Å². The van der Waals surface area contributed by atoms with Gasteiger partial charge in [0, 0.05) is 20.1 Å². The number of amides is 1. The third-order valence-electron chi connectivity index (χ3n) is 2.12. The molecule has 0 atom stereocenters. The molecule has 0 spiro atoms. The van der Waals surface area contributed by atoms with Crippen LogP contribution < -0.4 is 10.6 Å². The normalized spacial score (nSPS) is 8.65. The Morgan fingerprint density at radius 2 is 1.65 bits per heavy atom. The van der Waals surface area contributed by atoms with Crippen LogP contribution in [0, 0.1) is 0 Å². The monoisotopic (exact) mass is 290 g/mol. The molecule has 0 rings (SSSR count). The van der Waals surface area contributed by atoms with Crippen molar-refractivity contribution in [2.75, 3.05) is 33.4 Å². The lowest BCUT2D eigenvalue weighted by Crippen LogP contribution is -2.20. The molecule has 0 unspecified atom stereocenters. The molecule has 0 bridgehead atoms. The Labute approximate surface area is 124 Å². The summed E-state index contributed by atoms with van der Waals surface area (Å²) in [5.74, 6) is 0.0743. The number of rotatable bonds is 10. The first-order valence-corrected chi connectivity index (χ1v) is 7.59. The molecule has 20 heavy (non-hydrogen) atoms. The fourth-order valence-corrected chi connectivity index (χ4v) is 1.21. The molecule has 0 aliphatic rings. The number of hydrogen-bond donors (Lipinski definition) is 2. The van der Waals surface area contributed by atoms with Gasteiger partial charge in [0.1, 0.15) is 12.9 Å². The lowest BCUT2D eigenvalue weighted by atomic mass is 10.2. The van der Waals surface area contributed by atoms with Gasteiger partial charge in [-0.15, -0.1) is 0 Å². The van der Waals surface area contributed by atoms with Gasteiger partial charge in [0.15, 0.2) is 0 Å². The summed E-state index contributed by atoms with van der Waals surface area (Å²) in [6, 6.07) is 0. The van der Waals surface area contributed by atoms with E-state index in [9.17, 15) is 9.59 Å². The van der Waals surface area contributed by atoms with Crippen molar-refractivity contribution in [2.24, 2.45) is 0 Å². The van der Waals surface area contributed by atoms with E-state index in [-0.39, 0.29) is 12.5 Å². The Bertz CT molecular complexity index is 188. The Kier molecular flexibility index (Phi) is 32.0. The maximum absolute atomic E-state index is 10.5. The molecular weight excluding hydrogens is 256 g/mol. The lowest BCUT2D eigenvalue weighted by molar-refractivity contribution is -0.119. The van der Waals surface area contributed by atoms with Gasteiger partial charge in [0.25, 0.3) is 0 Å². The molecule has 5 nitrogen and oxygen atoms in total. The Hall–Kier alpha value is -0.940. The van der Waals surface area contributed by atoms with E-state index >= 15 is 0 Å². The summed E-state index contributed by atoms with van der Waals surface area (Å²) >= 11 is 0. The summed E-state index contributed by atoms with van der Waals surface area (Å²) in [4.78, 5) is 19.9. The maximum atomic E-state index is 10.5. The van der Waals surface area contributed by atoms with Crippen LogP contribution in [0.25, 0.3) is 0 Å². The maximum Gasteiger partial charge on any atom is 0.216 e. The van der Waals surface area contributed by atoms with Gasteiger partial charge in [0.05, 0.1) is 0 Å². The van der Waals surface area contributed by atoms with Gasteiger partial charge in [-0.25, -0.2) is 0 Å². The lowest BCUT2D eigenvalue weighted by Gasteiger charge is -2.01. The highest BCUT2D eigenvalue weighted by Gasteiger charge is 1.91. The minimum Gasteiger partial charge on any atom is -0.374 e. The fourth-order valence-electron chi connectivity index (χ4n) is 1.21. The van der Waals surface area contributed by atoms with Crippen LogP contribution in [0.2, 0.25) is 0 Å². The van der Waals surface area contributed by atoms with Crippen LogP contribution in [-0.2, 0) is 14.3 Å². The fraction of sp³-hybridized carbons (Fsp3) is 0.867. The Morgan fingerprint density at radius 1 is 1.10 bits per heavy atom. The third-order valence-corrected chi connectivity index (χ3v) is 2.12. The number of carbonyl (C=O) groups is 2. The van der Waals surface area contributed by atoms with Crippen molar-refractivity contribution >= 4 is 12.2 Å². The number of aldehydes is 1. The summed E-state index contributed by atoms with van der Waals surface area (Å²) in [5.41, 5.74) is 0. The van der Waals surface area contributed by atoms with Gasteiger partial charge >= 0.3 is 0 Å². The van der Waals surface area contributed by atoms with Crippen molar-refractivity contribution in [1.29, 1.82) is 0 Å². The first-order valence-electron chi connectivity index (χ1n) is 7.59. The van der Waals surface area contributed by atoms with Gasteiger partial charge < -0.3 is 20.2 Å². The molecule has 0 saturated carbocycles. The zero-order valence-electron chi connectivity index (χ0n) is 14.0. The molecule has 0 fully saturated rings. The molecule has 0 aromatic carbocycles. The number of ether oxygens (including phenoxy) is 1. The average molecular weight is 290 g/mol. The van der Waals surface area contributed by atoms with Crippen LogP contribution in [-0.4, -0.2) is 45.5 Å². The minimum atomic E-state index is 0.0743. The van der Waals surface area contributed by atoms with Gasteiger partial charge in [-0.3, -0.25) is 4.79 Å². The van der Waals surface area contributed by atoms with Crippen LogP contribution in [0.5, 0.6) is 0 Å². The molecule has 0 saturated heterocycles. The van der Waals surface area contributed by atoms with Crippen LogP contribution in [0.15, 0.2) is 0 Å². The standard InChI is InChI=1S/C9H20N2O.C4H8O2.C2H6/c1-9(12)11-8-6-4-3-5-7-10-2;1-2-6-4-3-5;1-2/h10H,3-8H2,1-2H3,(H,11,12);3H,2,4H2,1H3;1-2H3. The topological polar surface area (TPSA) is 67.4 Å². The van der Waals surface area contributed by atoms with Crippen molar-refractivity contribution in [3.63, 3.8) is 0 Å². The largest absolute Gasteiger partial charge is 0.374 e. The number of nitrogens with one attached hydrogen (secondary N) is 2.